The Hall–Kier alpha value is -0.970. The van der Waals surface area contributed by atoms with E-state index in [0.29, 0.717) is 27.9 Å². The molecule has 2 bridgehead atoms. The van der Waals surface area contributed by atoms with Gasteiger partial charge in [-0.15, -0.1) is 0 Å². The van der Waals surface area contributed by atoms with Gasteiger partial charge < -0.3 is 15.0 Å². The maximum Gasteiger partial charge on any atom is 0.258 e. The van der Waals surface area contributed by atoms with E-state index in [1.54, 1.807) is 18.2 Å². The van der Waals surface area contributed by atoms with E-state index in [9.17, 15) is 4.79 Å². The molecule has 2 heterocycles. The monoisotopic (exact) mass is 342 g/mol. The summed E-state index contributed by atoms with van der Waals surface area (Å²) in [6.45, 7) is -0.0248. The number of fused-ring (bicyclic) bond motifs is 2. The van der Waals surface area contributed by atoms with Crippen LogP contribution >= 0.6 is 23.2 Å². The van der Waals surface area contributed by atoms with Crippen LogP contribution < -0.4 is 10.1 Å². The number of rotatable bonds is 4. The molecule has 0 saturated carbocycles. The predicted octanol–water partition coefficient (Wildman–Crippen LogP) is 3.11. The predicted molar refractivity (Wildman–Crippen MR) is 87.7 cm³/mol. The number of nitrogens with zero attached hydrogens (tertiary/aromatic N) is 1. The number of nitrogens with one attached hydrogen (secondary N) is 1. The molecule has 3 atom stereocenters. The Morgan fingerprint density at radius 3 is 2.64 bits per heavy atom. The second-order valence-corrected chi connectivity index (χ2v) is 6.99. The first kappa shape index (κ1) is 15.9. The van der Waals surface area contributed by atoms with Crippen LogP contribution in [0, 0.1) is 0 Å². The number of benzene rings is 1. The molecule has 4 nitrogen and oxygen atoms in total. The lowest BCUT2D eigenvalue weighted by Crippen LogP contribution is -2.49. The number of amides is 1. The average Bonchev–Trinajstić information content (AvgIpc) is 2.69. The summed E-state index contributed by atoms with van der Waals surface area (Å²) < 4.78 is 5.47. The van der Waals surface area contributed by atoms with Crippen LogP contribution in [0.3, 0.4) is 0 Å². The Kier molecular flexibility index (Phi) is 4.81. The molecule has 0 aliphatic carbocycles. The SMILES string of the molecule is CN1[C@@H]2CC[C@H]1CC(NC(=O)COc1ccc(Cl)cc1Cl)C2. The maximum absolute atomic E-state index is 12.1. The molecule has 1 aromatic rings. The number of hydrogen-bond acceptors (Lipinski definition) is 3. The summed E-state index contributed by atoms with van der Waals surface area (Å²) >= 11 is 11.9. The average molecular weight is 343 g/mol. The van der Waals surface area contributed by atoms with Gasteiger partial charge in [0, 0.05) is 23.1 Å². The molecule has 3 rings (SSSR count). The standard InChI is InChI=1S/C16H20Cl2N2O2/c1-20-12-3-4-13(20)8-11(7-12)19-16(21)9-22-15-5-2-10(17)6-14(15)18/h2,5-6,11-13H,3-4,7-9H2,1H3,(H,19,21)/t11?,12-,13+. The van der Waals surface area contributed by atoms with Crippen molar-refractivity contribution in [3.8, 4) is 5.75 Å². The molecule has 2 fully saturated rings. The third-order valence-electron chi connectivity index (χ3n) is 4.72. The van der Waals surface area contributed by atoms with E-state index in [-0.39, 0.29) is 18.6 Å². The zero-order chi connectivity index (χ0) is 15.7. The summed E-state index contributed by atoms with van der Waals surface area (Å²) in [6.07, 6.45) is 4.54. The first-order valence-electron chi connectivity index (χ1n) is 7.62. The van der Waals surface area contributed by atoms with Gasteiger partial charge in [0.2, 0.25) is 0 Å². The number of carbonyl (C=O) groups excluding carboxylic acids is 1. The van der Waals surface area contributed by atoms with Gasteiger partial charge in [-0.1, -0.05) is 23.2 Å². The fourth-order valence-corrected chi connectivity index (χ4v) is 4.00. The molecule has 0 aromatic heterocycles. The Labute approximate surface area is 140 Å². The Morgan fingerprint density at radius 1 is 1.32 bits per heavy atom. The molecular formula is C16H20Cl2N2O2. The fourth-order valence-electron chi connectivity index (χ4n) is 3.53. The van der Waals surface area contributed by atoms with E-state index in [1.165, 1.54) is 12.8 Å². The van der Waals surface area contributed by atoms with Gasteiger partial charge >= 0.3 is 0 Å². The van der Waals surface area contributed by atoms with Crippen LogP contribution in [-0.4, -0.2) is 42.6 Å². The molecule has 1 N–H and O–H groups in total. The van der Waals surface area contributed by atoms with Crippen molar-refractivity contribution in [3.63, 3.8) is 0 Å². The van der Waals surface area contributed by atoms with Gasteiger partial charge in [0.25, 0.3) is 5.91 Å². The quantitative estimate of drug-likeness (QED) is 0.913. The van der Waals surface area contributed by atoms with E-state index >= 15 is 0 Å². The fraction of sp³-hybridized carbons (Fsp3) is 0.562. The minimum absolute atomic E-state index is 0.0248. The van der Waals surface area contributed by atoms with Gasteiger partial charge in [-0.05, 0) is 50.9 Å². The Bertz CT molecular complexity index is 553. The van der Waals surface area contributed by atoms with Gasteiger partial charge in [-0.3, -0.25) is 4.79 Å². The number of piperidine rings is 1. The summed E-state index contributed by atoms with van der Waals surface area (Å²) in [5.41, 5.74) is 0. The van der Waals surface area contributed by atoms with E-state index < -0.39 is 0 Å². The second-order valence-electron chi connectivity index (χ2n) is 6.15. The molecule has 1 aromatic carbocycles. The summed E-state index contributed by atoms with van der Waals surface area (Å²) in [6, 6.07) is 6.44. The smallest absolute Gasteiger partial charge is 0.258 e. The zero-order valence-corrected chi connectivity index (χ0v) is 14.0. The highest BCUT2D eigenvalue weighted by Gasteiger charge is 2.38. The molecule has 2 saturated heterocycles. The van der Waals surface area contributed by atoms with Gasteiger partial charge in [0.1, 0.15) is 5.75 Å². The molecule has 0 radical (unpaired) electrons. The van der Waals surface area contributed by atoms with Crippen LogP contribution in [0.25, 0.3) is 0 Å². The highest BCUT2D eigenvalue weighted by atomic mass is 35.5. The summed E-state index contributed by atoms with van der Waals surface area (Å²) in [5.74, 6) is 0.379. The number of carbonyl (C=O) groups is 1. The molecule has 0 spiro atoms. The third kappa shape index (κ3) is 3.50. The van der Waals surface area contributed by atoms with Crippen molar-refractivity contribution in [2.24, 2.45) is 0 Å². The number of halogens is 2. The first-order valence-corrected chi connectivity index (χ1v) is 8.37. The largest absolute Gasteiger partial charge is 0.482 e. The van der Waals surface area contributed by atoms with Crippen molar-refractivity contribution in [3.05, 3.63) is 28.2 Å². The van der Waals surface area contributed by atoms with Gasteiger partial charge in [0.15, 0.2) is 6.61 Å². The molecule has 1 unspecified atom stereocenters. The van der Waals surface area contributed by atoms with Crippen molar-refractivity contribution < 1.29 is 9.53 Å². The van der Waals surface area contributed by atoms with Crippen LogP contribution in [0.4, 0.5) is 0 Å². The Morgan fingerprint density at radius 2 is 2.00 bits per heavy atom. The molecule has 2 aliphatic rings. The van der Waals surface area contributed by atoms with Gasteiger partial charge in [0.05, 0.1) is 5.02 Å². The zero-order valence-electron chi connectivity index (χ0n) is 12.5. The topological polar surface area (TPSA) is 41.6 Å². The van der Waals surface area contributed by atoms with Crippen LogP contribution in [0.5, 0.6) is 5.75 Å². The maximum atomic E-state index is 12.1. The van der Waals surface area contributed by atoms with Crippen LogP contribution in [-0.2, 0) is 4.79 Å². The Balaban J connectivity index is 1.49. The van der Waals surface area contributed by atoms with Crippen molar-refractivity contribution in [1.82, 2.24) is 10.2 Å². The van der Waals surface area contributed by atoms with E-state index in [1.807, 2.05) is 0 Å². The molecule has 1 amide bonds. The normalized spacial score (nSPS) is 27.7. The van der Waals surface area contributed by atoms with Gasteiger partial charge in [-0.25, -0.2) is 0 Å². The van der Waals surface area contributed by atoms with E-state index in [2.05, 4.69) is 17.3 Å². The molecule has 6 heteroatoms. The van der Waals surface area contributed by atoms with Crippen LogP contribution in [0.1, 0.15) is 25.7 Å². The van der Waals surface area contributed by atoms with Crippen molar-refractivity contribution >= 4 is 29.1 Å². The molecule has 22 heavy (non-hydrogen) atoms. The van der Waals surface area contributed by atoms with Crippen molar-refractivity contribution in [1.29, 1.82) is 0 Å². The lowest BCUT2D eigenvalue weighted by molar-refractivity contribution is -0.124. The minimum Gasteiger partial charge on any atom is -0.482 e. The summed E-state index contributed by atoms with van der Waals surface area (Å²) in [5, 5.41) is 4.04. The summed E-state index contributed by atoms with van der Waals surface area (Å²) in [7, 11) is 2.19. The highest BCUT2D eigenvalue weighted by molar-refractivity contribution is 6.35. The molecule has 120 valence electrons. The van der Waals surface area contributed by atoms with Gasteiger partial charge in [-0.2, -0.15) is 0 Å². The number of ether oxygens (including phenoxy) is 1. The lowest BCUT2D eigenvalue weighted by atomic mass is 9.98. The minimum atomic E-state index is -0.0973. The van der Waals surface area contributed by atoms with Crippen LogP contribution in [0.15, 0.2) is 18.2 Å². The van der Waals surface area contributed by atoms with E-state index in [0.717, 1.165) is 12.8 Å². The molecular weight excluding hydrogens is 323 g/mol. The third-order valence-corrected chi connectivity index (χ3v) is 5.25. The summed E-state index contributed by atoms with van der Waals surface area (Å²) in [4.78, 5) is 14.5. The molecule has 2 aliphatic heterocycles. The highest BCUT2D eigenvalue weighted by Crippen LogP contribution is 2.34. The van der Waals surface area contributed by atoms with E-state index in [4.69, 9.17) is 27.9 Å². The second kappa shape index (κ2) is 6.65. The van der Waals surface area contributed by atoms with Crippen molar-refractivity contribution in [2.75, 3.05) is 13.7 Å². The van der Waals surface area contributed by atoms with Crippen LogP contribution in [0.2, 0.25) is 10.0 Å². The van der Waals surface area contributed by atoms with Crippen molar-refractivity contribution in [2.45, 2.75) is 43.8 Å². The number of hydrogen-bond donors (Lipinski definition) is 1. The first-order chi connectivity index (χ1) is 10.5. The lowest BCUT2D eigenvalue weighted by Gasteiger charge is -2.36.